The molecule has 0 radical (unpaired) electrons. The number of carbonyl (C=O) groups excluding carboxylic acids is 1. The van der Waals surface area contributed by atoms with Crippen molar-refractivity contribution < 1.29 is 9.53 Å². The molecular weight excluding hydrogens is 328 g/mol. The Labute approximate surface area is 144 Å². The first-order chi connectivity index (χ1) is 11.3. The van der Waals surface area contributed by atoms with E-state index in [1.165, 1.54) is 11.6 Å². The summed E-state index contributed by atoms with van der Waals surface area (Å²) in [7, 11) is 0. The van der Waals surface area contributed by atoms with Crippen molar-refractivity contribution in [1.82, 2.24) is 19.8 Å². The minimum absolute atomic E-state index is 0.149. The Bertz CT molecular complexity index is 888. The van der Waals surface area contributed by atoms with Gasteiger partial charge in [-0.1, -0.05) is 56.6 Å². The van der Waals surface area contributed by atoms with E-state index in [0.717, 1.165) is 16.8 Å². The maximum absolute atomic E-state index is 10.8. The van der Waals surface area contributed by atoms with E-state index in [0.29, 0.717) is 16.5 Å². The highest BCUT2D eigenvalue weighted by molar-refractivity contribution is 6.34. The van der Waals surface area contributed by atoms with Crippen LogP contribution in [0.5, 0.6) is 0 Å². The van der Waals surface area contributed by atoms with Crippen molar-refractivity contribution in [2.45, 2.75) is 39.7 Å². The van der Waals surface area contributed by atoms with E-state index >= 15 is 0 Å². The number of hydrogen-bond donors (Lipinski definition) is 1. The van der Waals surface area contributed by atoms with Crippen molar-refractivity contribution in [3.05, 3.63) is 40.5 Å². The van der Waals surface area contributed by atoms with Crippen LogP contribution < -0.4 is 0 Å². The van der Waals surface area contributed by atoms with Gasteiger partial charge in [0, 0.05) is 17.9 Å². The van der Waals surface area contributed by atoms with Crippen LogP contribution >= 0.6 is 11.6 Å². The van der Waals surface area contributed by atoms with Crippen molar-refractivity contribution in [3.8, 4) is 11.4 Å². The molecule has 7 heteroatoms. The molecule has 1 aromatic carbocycles. The highest BCUT2D eigenvalue weighted by atomic mass is 35.5. The second kappa shape index (κ2) is 5.94. The third kappa shape index (κ3) is 3.14. The molecule has 2 aromatic heterocycles. The van der Waals surface area contributed by atoms with Crippen LogP contribution in [0.25, 0.3) is 17.0 Å². The number of benzene rings is 1. The average molecular weight is 347 g/mol. The summed E-state index contributed by atoms with van der Waals surface area (Å²) >= 11 is 6.44. The van der Waals surface area contributed by atoms with Crippen molar-refractivity contribution in [1.29, 1.82) is 0 Å². The highest BCUT2D eigenvalue weighted by Crippen LogP contribution is 2.31. The smallest absolute Gasteiger partial charge is 0.302 e. The normalized spacial score (nSPS) is 11.9. The Hall–Kier alpha value is -2.34. The van der Waals surface area contributed by atoms with E-state index in [4.69, 9.17) is 16.3 Å². The van der Waals surface area contributed by atoms with E-state index in [-0.39, 0.29) is 18.0 Å². The summed E-state index contributed by atoms with van der Waals surface area (Å²) in [4.78, 5) is 14.1. The van der Waals surface area contributed by atoms with Crippen LogP contribution in [0.2, 0.25) is 5.02 Å². The van der Waals surface area contributed by atoms with Gasteiger partial charge in [-0.25, -0.2) is 0 Å². The lowest BCUT2D eigenvalue weighted by Gasteiger charge is -2.14. The first-order valence-corrected chi connectivity index (χ1v) is 8.01. The molecule has 1 N–H and O–H groups in total. The third-order valence-electron chi connectivity index (χ3n) is 3.62. The summed E-state index contributed by atoms with van der Waals surface area (Å²) < 4.78 is 6.51. The van der Waals surface area contributed by atoms with Gasteiger partial charge in [0.25, 0.3) is 0 Å². The molecule has 0 saturated heterocycles. The van der Waals surface area contributed by atoms with E-state index in [1.807, 2.05) is 24.3 Å². The fourth-order valence-electron chi connectivity index (χ4n) is 2.35. The molecule has 0 unspecified atom stereocenters. The number of ether oxygens (including phenoxy) is 1. The van der Waals surface area contributed by atoms with Crippen LogP contribution in [0.4, 0.5) is 0 Å². The summed E-state index contributed by atoms with van der Waals surface area (Å²) in [6, 6.07) is 7.61. The van der Waals surface area contributed by atoms with Crippen LogP contribution in [0.15, 0.2) is 24.3 Å². The van der Waals surface area contributed by atoms with Crippen LogP contribution in [0.1, 0.15) is 39.0 Å². The second-order valence-electron chi connectivity index (χ2n) is 6.70. The minimum atomic E-state index is -0.296. The molecule has 0 aliphatic heterocycles. The van der Waals surface area contributed by atoms with Gasteiger partial charge in [-0.2, -0.15) is 5.10 Å². The van der Waals surface area contributed by atoms with Crippen LogP contribution in [0.3, 0.4) is 0 Å². The quantitative estimate of drug-likeness (QED) is 0.733. The van der Waals surface area contributed by atoms with Crippen molar-refractivity contribution in [3.63, 3.8) is 0 Å². The SMILES string of the molecule is CC(=O)OCc1ccc(-c2nn3nc(C(C)(C)C)c(Cl)c3[nH]2)cc1. The van der Waals surface area contributed by atoms with Crippen molar-refractivity contribution in [2.24, 2.45) is 0 Å². The Balaban J connectivity index is 1.89. The van der Waals surface area contributed by atoms with Gasteiger partial charge in [0.05, 0.1) is 5.69 Å². The first-order valence-electron chi connectivity index (χ1n) is 7.63. The Morgan fingerprint density at radius 1 is 1.25 bits per heavy atom. The highest BCUT2D eigenvalue weighted by Gasteiger charge is 2.25. The van der Waals surface area contributed by atoms with Gasteiger partial charge < -0.3 is 9.72 Å². The zero-order valence-electron chi connectivity index (χ0n) is 14.1. The first kappa shape index (κ1) is 16.5. The lowest BCUT2D eigenvalue weighted by molar-refractivity contribution is -0.142. The molecule has 0 amide bonds. The Morgan fingerprint density at radius 3 is 2.46 bits per heavy atom. The minimum Gasteiger partial charge on any atom is -0.461 e. The number of fused-ring (bicyclic) bond motifs is 1. The second-order valence-corrected chi connectivity index (χ2v) is 7.08. The molecular formula is C17H19ClN4O2. The largest absolute Gasteiger partial charge is 0.461 e. The summed E-state index contributed by atoms with van der Waals surface area (Å²) in [5, 5.41) is 9.53. The molecule has 0 aliphatic rings. The molecule has 126 valence electrons. The van der Waals surface area contributed by atoms with Gasteiger partial charge >= 0.3 is 5.97 Å². The molecule has 0 aliphatic carbocycles. The molecule has 6 nitrogen and oxygen atoms in total. The number of aromatic amines is 1. The fraction of sp³-hybridized carbons (Fsp3) is 0.353. The van der Waals surface area contributed by atoms with E-state index in [2.05, 4.69) is 36.0 Å². The summed E-state index contributed by atoms with van der Waals surface area (Å²) in [5.74, 6) is 0.384. The molecule has 0 saturated carbocycles. The van der Waals surface area contributed by atoms with Gasteiger partial charge in [-0.05, 0) is 5.56 Å². The number of aromatic nitrogens is 4. The molecule has 0 bridgehead atoms. The molecule has 3 rings (SSSR count). The molecule has 2 heterocycles. The van der Waals surface area contributed by atoms with Crippen molar-refractivity contribution in [2.75, 3.05) is 0 Å². The van der Waals surface area contributed by atoms with Gasteiger partial charge in [0.15, 0.2) is 11.5 Å². The Morgan fingerprint density at radius 2 is 1.92 bits per heavy atom. The van der Waals surface area contributed by atoms with Crippen LogP contribution in [-0.4, -0.2) is 25.8 Å². The number of H-pyrrole nitrogens is 1. The zero-order valence-corrected chi connectivity index (χ0v) is 14.8. The van der Waals surface area contributed by atoms with E-state index in [9.17, 15) is 4.79 Å². The number of carbonyl (C=O) groups is 1. The predicted molar refractivity (Wildman–Crippen MR) is 92.0 cm³/mol. The zero-order chi connectivity index (χ0) is 17.5. The number of hydrogen-bond acceptors (Lipinski definition) is 4. The summed E-state index contributed by atoms with van der Waals surface area (Å²) in [6.07, 6.45) is 0. The molecule has 0 atom stereocenters. The van der Waals surface area contributed by atoms with Gasteiger partial charge in [-0.15, -0.1) is 9.73 Å². The van der Waals surface area contributed by atoms with Gasteiger partial charge in [0.2, 0.25) is 0 Å². The maximum Gasteiger partial charge on any atom is 0.302 e. The Kier molecular flexibility index (Phi) is 4.09. The predicted octanol–water partition coefficient (Wildman–Crippen LogP) is 3.74. The van der Waals surface area contributed by atoms with Gasteiger partial charge in [-0.3, -0.25) is 4.79 Å². The lowest BCUT2D eigenvalue weighted by atomic mass is 9.92. The maximum atomic E-state index is 10.8. The fourth-order valence-corrected chi connectivity index (χ4v) is 2.79. The van der Waals surface area contributed by atoms with E-state index in [1.54, 1.807) is 0 Å². The molecule has 0 fully saturated rings. The number of rotatable bonds is 3. The van der Waals surface area contributed by atoms with Crippen molar-refractivity contribution >= 4 is 23.2 Å². The van der Waals surface area contributed by atoms with Crippen LogP contribution in [0, 0.1) is 0 Å². The van der Waals surface area contributed by atoms with Gasteiger partial charge in [0.1, 0.15) is 11.6 Å². The topological polar surface area (TPSA) is 72.3 Å². The third-order valence-corrected chi connectivity index (χ3v) is 3.98. The number of nitrogens with one attached hydrogen (secondary N) is 1. The van der Waals surface area contributed by atoms with Crippen LogP contribution in [-0.2, 0) is 21.6 Å². The number of halogens is 1. The van der Waals surface area contributed by atoms with E-state index < -0.39 is 0 Å². The average Bonchev–Trinajstić information content (AvgIpc) is 3.05. The summed E-state index contributed by atoms with van der Waals surface area (Å²) in [6.45, 7) is 7.83. The lowest BCUT2D eigenvalue weighted by Crippen LogP contribution is -2.12. The molecule has 3 aromatic rings. The standard InChI is InChI=1S/C17H19ClN4O2/c1-10(23)24-9-11-5-7-12(8-6-11)15-19-16-13(18)14(17(2,3)4)20-22(16)21-15/h5-8H,9H2,1-4H3,(H,19,21). The molecule has 24 heavy (non-hydrogen) atoms. The summed E-state index contributed by atoms with van der Waals surface area (Å²) in [5.41, 5.74) is 3.16. The monoisotopic (exact) mass is 346 g/mol. The number of esters is 1. The molecule has 0 spiro atoms. The number of nitrogens with zero attached hydrogens (tertiary/aromatic N) is 3.